The molecule has 0 aliphatic heterocycles. The lowest BCUT2D eigenvalue weighted by atomic mass is 10.1. The molecule has 0 bridgehead atoms. The molecule has 0 radical (unpaired) electrons. The second kappa shape index (κ2) is 8.65. The molecule has 0 aliphatic carbocycles. The first-order valence-corrected chi connectivity index (χ1v) is 7.91. The van der Waals surface area contributed by atoms with E-state index in [9.17, 15) is 0 Å². The molecule has 0 heterocycles. The molecule has 4 nitrogen and oxygen atoms in total. The molecular formula is C18H22ClNO3. The van der Waals surface area contributed by atoms with Crippen molar-refractivity contribution in [1.82, 2.24) is 0 Å². The minimum absolute atomic E-state index is 0.376. The molecule has 0 aromatic heterocycles. The van der Waals surface area contributed by atoms with Crippen molar-refractivity contribution in [2.45, 2.75) is 13.3 Å². The molecule has 0 saturated carbocycles. The van der Waals surface area contributed by atoms with Crippen LogP contribution in [-0.2, 0) is 6.42 Å². The van der Waals surface area contributed by atoms with Gasteiger partial charge in [0.05, 0.1) is 12.1 Å². The number of aryl methyl sites for hydroxylation is 1. The van der Waals surface area contributed by atoms with Gasteiger partial charge < -0.3 is 19.9 Å². The van der Waals surface area contributed by atoms with Crippen molar-refractivity contribution in [2.24, 2.45) is 5.73 Å². The summed E-state index contributed by atoms with van der Waals surface area (Å²) in [6.07, 6.45) is 0.743. The SMILES string of the molecule is COc1cc(CCN)cc(Cl)c1OCCOc1ccccc1C. The van der Waals surface area contributed by atoms with Gasteiger partial charge in [0.25, 0.3) is 0 Å². The lowest BCUT2D eigenvalue weighted by Crippen LogP contribution is -2.11. The third-order valence-electron chi connectivity index (χ3n) is 3.40. The van der Waals surface area contributed by atoms with Gasteiger partial charge in [-0.15, -0.1) is 0 Å². The Labute approximate surface area is 142 Å². The van der Waals surface area contributed by atoms with Crippen LogP contribution in [0.5, 0.6) is 17.2 Å². The first kappa shape index (κ1) is 17.4. The standard InChI is InChI=1S/C18H22ClNO3/c1-13-5-3-4-6-16(13)22-9-10-23-18-15(19)11-14(7-8-20)12-17(18)21-2/h3-6,11-12H,7-10,20H2,1-2H3. The van der Waals surface area contributed by atoms with Gasteiger partial charge in [-0.2, -0.15) is 0 Å². The Bertz CT molecular complexity index is 646. The highest BCUT2D eigenvalue weighted by molar-refractivity contribution is 6.32. The second-order valence-electron chi connectivity index (χ2n) is 5.11. The predicted octanol–water partition coefficient (Wildman–Crippen LogP) is 3.62. The highest BCUT2D eigenvalue weighted by Crippen LogP contribution is 2.36. The molecule has 2 aromatic rings. The Hall–Kier alpha value is -1.91. The molecule has 2 N–H and O–H groups in total. The monoisotopic (exact) mass is 335 g/mol. The fraction of sp³-hybridized carbons (Fsp3) is 0.333. The van der Waals surface area contributed by atoms with Crippen molar-refractivity contribution in [1.29, 1.82) is 0 Å². The van der Waals surface area contributed by atoms with Gasteiger partial charge in [-0.3, -0.25) is 0 Å². The number of methoxy groups -OCH3 is 1. The normalized spacial score (nSPS) is 10.4. The molecule has 0 amide bonds. The number of nitrogens with two attached hydrogens (primary N) is 1. The van der Waals surface area contributed by atoms with Crippen LogP contribution in [0.2, 0.25) is 5.02 Å². The Morgan fingerprint density at radius 3 is 2.48 bits per heavy atom. The molecule has 0 spiro atoms. The zero-order valence-corrected chi connectivity index (χ0v) is 14.2. The van der Waals surface area contributed by atoms with Crippen LogP contribution >= 0.6 is 11.6 Å². The van der Waals surface area contributed by atoms with E-state index in [1.807, 2.05) is 43.3 Å². The van der Waals surface area contributed by atoms with Crippen molar-refractivity contribution in [3.05, 3.63) is 52.5 Å². The maximum absolute atomic E-state index is 6.28. The van der Waals surface area contributed by atoms with Crippen LogP contribution in [-0.4, -0.2) is 26.9 Å². The minimum atomic E-state index is 0.376. The summed E-state index contributed by atoms with van der Waals surface area (Å²) in [5, 5.41) is 0.517. The van der Waals surface area contributed by atoms with Crippen LogP contribution in [0.3, 0.4) is 0 Å². The van der Waals surface area contributed by atoms with Gasteiger partial charge in [0.15, 0.2) is 11.5 Å². The van der Waals surface area contributed by atoms with Crippen molar-refractivity contribution in [3.8, 4) is 17.2 Å². The van der Waals surface area contributed by atoms with Crippen molar-refractivity contribution >= 4 is 11.6 Å². The van der Waals surface area contributed by atoms with Crippen LogP contribution in [0.25, 0.3) is 0 Å². The lowest BCUT2D eigenvalue weighted by molar-refractivity contribution is 0.210. The quantitative estimate of drug-likeness (QED) is 0.749. The molecular weight excluding hydrogens is 314 g/mol. The fourth-order valence-corrected chi connectivity index (χ4v) is 2.53. The number of halogens is 1. The molecule has 5 heteroatoms. The summed E-state index contributed by atoms with van der Waals surface area (Å²) in [6, 6.07) is 11.6. The first-order chi connectivity index (χ1) is 11.2. The second-order valence-corrected chi connectivity index (χ2v) is 5.52. The summed E-state index contributed by atoms with van der Waals surface area (Å²) in [4.78, 5) is 0. The summed E-state index contributed by atoms with van der Waals surface area (Å²) in [6.45, 7) is 3.37. The minimum Gasteiger partial charge on any atom is -0.493 e. The van der Waals surface area contributed by atoms with E-state index in [1.165, 1.54) is 0 Å². The zero-order chi connectivity index (χ0) is 16.7. The van der Waals surface area contributed by atoms with Crippen molar-refractivity contribution in [2.75, 3.05) is 26.9 Å². The molecule has 2 aromatic carbocycles. The van der Waals surface area contributed by atoms with E-state index < -0.39 is 0 Å². The van der Waals surface area contributed by atoms with Gasteiger partial charge in [0, 0.05) is 0 Å². The zero-order valence-electron chi connectivity index (χ0n) is 13.5. The predicted molar refractivity (Wildman–Crippen MR) is 92.9 cm³/mol. The third kappa shape index (κ3) is 4.78. The third-order valence-corrected chi connectivity index (χ3v) is 3.68. The van der Waals surface area contributed by atoms with E-state index in [4.69, 9.17) is 31.5 Å². The van der Waals surface area contributed by atoms with E-state index in [2.05, 4.69) is 0 Å². The van der Waals surface area contributed by atoms with Gasteiger partial charge in [0.1, 0.15) is 19.0 Å². The van der Waals surface area contributed by atoms with Crippen molar-refractivity contribution < 1.29 is 14.2 Å². The van der Waals surface area contributed by atoms with Gasteiger partial charge in [-0.1, -0.05) is 29.8 Å². The number of rotatable bonds is 8. The van der Waals surface area contributed by atoms with Crippen LogP contribution in [0, 0.1) is 6.92 Å². The van der Waals surface area contributed by atoms with E-state index >= 15 is 0 Å². The molecule has 0 unspecified atom stereocenters. The Kier molecular flexibility index (Phi) is 6.56. The number of hydrogen-bond donors (Lipinski definition) is 1. The average Bonchev–Trinajstić information content (AvgIpc) is 2.54. The Morgan fingerprint density at radius 1 is 1.04 bits per heavy atom. The van der Waals surface area contributed by atoms with E-state index in [0.29, 0.717) is 36.3 Å². The summed E-state index contributed by atoms with van der Waals surface area (Å²) in [5.74, 6) is 1.99. The van der Waals surface area contributed by atoms with Crippen LogP contribution in [0.1, 0.15) is 11.1 Å². The number of ether oxygens (including phenoxy) is 3. The Morgan fingerprint density at radius 2 is 1.78 bits per heavy atom. The topological polar surface area (TPSA) is 53.7 Å². The summed E-state index contributed by atoms with van der Waals surface area (Å²) >= 11 is 6.28. The summed E-state index contributed by atoms with van der Waals surface area (Å²) in [5.41, 5.74) is 7.69. The molecule has 0 aliphatic rings. The Balaban J connectivity index is 1.96. The maximum atomic E-state index is 6.28. The lowest BCUT2D eigenvalue weighted by Gasteiger charge is -2.15. The van der Waals surface area contributed by atoms with E-state index in [1.54, 1.807) is 7.11 Å². The number of para-hydroxylation sites is 1. The molecule has 0 saturated heterocycles. The molecule has 0 atom stereocenters. The largest absolute Gasteiger partial charge is 0.493 e. The van der Waals surface area contributed by atoms with Gasteiger partial charge >= 0.3 is 0 Å². The smallest absolute Gasteiger partial charge is 0.179 e. The van der Waals surface area contributed by atoms with Crippen LogP contribution in [0.15, 0.2) is 36.4 Å². The number of benzene rings is 2. The highest BCUT2D eigenvalue weighted by Gasteiger charge is 2.12. The molecule has 23 heavy (non-hydrogen) atoms. The van der Waals surface area contributed by atoms with Crippen LogP contribution in [0.4, 0.5) is 0 Å². The molecule has 2 rings (SSSR count). The van der Waals surface area contributed by atoms with Gasteiger partial charge in [-0.05, 0) is 49.2 Å². The van der Waals surface area contributed by atoms with Crippen LogP contribution < -0.4 is 19.9 Å². The highest BCUT2D eigenvalue weighted by atomic mass is 35.5. The molecule has 124 valence electrons. The summed E-state index contributed by atoms with van der Waals surface area (Å²) < 4.78 is 16.8. The summed E-state index contributed by atoms with van der Waals surface area (Å²) in [7, 11) is 1.59. The maximum Gasteiger partial charge on any atom is 0.179 e. The van der Waals surface area contributed by atoms with Gasteiger partial charge in [-0.25, -0.2) is 0 Å². The molecule has 0 fully saturated rings. The van der Waals surface area contributed by atoms with E-state index in [0.717, 1.165) is 23.3 Å². The van der Waals surface area contributed by atoms with E-state index in [-0.39, 0.29) is 0 Å². The first-order valence-electron chi connectivity index (χ1n) is 7.53. The average molecular weight is 336 g/mol. The van der Waals surface area contributed by atoms with Gasteiger partial charge in [0.2, 0.25) is 0 Å². The fourth-order valence-electron chi connectivity index (χ4n) is 2.24. The number of hydrogen-bond acceptors (Lipinski definition) is 4. The van der Waals surface area contributed by atoms with Crippen molar-refractivity contribution in [3.63, 3.8) is 0 Å².